The van der Waals surface area contributed by atoms with Crippen LogP contribution in [0.1, 0.15) is 12.8 Å². The SMILES string of the molecule is OCCC[CH2][Ge]([c]1ccccc1)([c]1ccccc1)[c]1ccccc1. The molecule has 0 atom stereocenters. The molecule has 0 saturated carbocycles. The Kier molecular flexibility index (Phi) is 5.89. The number of aliphatic hydroxyl groups excluding tert-OH is 1. The van der Waals surface area contributed by atoms with Gasteiger partial charge in [0.05, 0.1) is 0 Å². The molecule has 0 heterocycles. The molecule has 3 aromatic rings. The molecule has 0 spiro atoms. The fourth-order valence-corrected chi connectivity index (χ4v) is 13.9. The van der Waals surface area contributed by atoms with E-state index in [1.54, 1.807) is 0 Å². The maximum atomic E-state index is 9.30. The van der Waals surface area contributed by atoms with E-state index in [9.17, 15) is 5.11 Å². The Balaban J connectivity index is 2.20. The average Bonchev–Trinajstić information content (AvgIpc) is 2.68. The van der Waals surface area contributed by atoms with Crippen LogP contribution in [-0.2, 0) is 0 Å². The zero-order chi connectivity index (χ0) is 16.7. The molecule has 0 bridgehead atoms. The van der Waals surface area contributed by atoms with Crippen LogP contribution in [0.25, 0.3) is 0 Å². The number of benzene rings is 3. The second-order valence-corrected chi connectivity index (χ2v) is 14.7. The van der Waals surface area contributed by atoms with Crippen LogP contribution in [0.4, 0.5) is 0 Å². The van der Waals surface area contributed by atoms with E-state index in [0.717, 1.165) is 12.8 Å². The molecule has 3 rings (SSSR count). The minimum absolute atomic E-state index is 0.274. The second kappa shape index (κ2) is 8.32. The van der Waals surface area contributed by atoms with Crippen LogP contribution in [0, 0.1) is 0 Å². The summed E-state index contributed by atoms with van der Waals surface area (Å²) in [5, 5.41) is 10.5. The zero-order valence-electron chi connectivity index (χ0n) is 13.9. The Labute approximate surface area is 147 Å². The molecule has 0 fully saturated rings. The molecule has 24 heavy (non-hydrogen) atoms. The van der Waals surface area contributed by atoms with Gasteiger partial charge >= 0.3 is 147 Å². The van der Waals surface area contributed by atoms with Crippen LogP contribution >= 0.6 is 0 Å². The molecular formula is C22H24GeO. The van der Waals surface area contributed by atoms with Gasteiger partial charge in [-0.05, 0) is 0 Å². The number of hydrogen-bond donors (Lipinski definition) is 1. The molecule has 0 aromatic heterocycles. The van der Waals surface area contributed by atoms with Gasteiger partial charge in [0.2, 0.25) is 0 Å². The summed E-state index contributed by atoms with van der Waals surface area (Å²) < 4.78 is 4.48. The van der Waals surface area contributed by atoms with Gasteiger partial charge < -0.3 is 0 Å². The van der Waals surface area contributed by atoms with E-state index in [1.165, 1.54) is 18.4 Å². The van der Waals surface area contributed by atoms with E-state index < -0.39 is 13.3 Å². The van der Waals surface area contributed by atoms with Gasteiger partial charge in [-0.25, -0.2) is 0 Å². The molecule has 0 aliphatic heterocycles. The first kappa shape index (κ1) is 17.0. The van der Waals surface area contributed by atoms with E-state index in [4.69, 9.17) is 0 Å². The van der Waals surface area contributed by atoms with Gasteiger partial charge in [-0.15, -0.1) is 0 Å². The van der Waals surface area contributed by atoms with Gasteiger partial charge in [-0.1, -0.05) is 0 Å². The summed E-state index contributed by atoms with van der Waals surface area (Å²) in [6.45, 7) is 0.274. The summed E-state index contributed by atoms with van der Waals surface area (Å²) >= 11 is -2.73. The molecule has 3 aromatic carbocycles. The molecule has 0 unspecified atom stereocenters. The number of aliphatic hydroxyl groups is 1. The van der Waals surface area contributed by atoms with Crippen LogP contribution in [-0.4, -0.2) is 25.0 Å². The molecule has 0 aliphatic carbocycles. The van der Waals surface area contributed by atoms with Crippen molar-refractivity contribution in [1.82, 2.24) is 0 Å². The molecule has 1 nitrogen and oxygen atoms in total. The van der Waals surface area contributed by atoms with Crippen molar-refractivity contribution in [3.63, 3.8) is 0 Å². The van der Waals surface area contributed by atoms with Gasteiger partial charge in [0.15, 0.2) is 0 Å². The van der Waals surface area contributed by atoms with Gasteiger partial charge in [0, 0.05) is 0 Å². The van der Waals surface area contributed by atoms with Crippen molar-refractivity contribution in [3.8, 4) is 0 Å². The van der Waals surface area contributed by atoms with E-state index >= 15 is 0 Å². The second-order valence-electron chi connectivity index (χ2n) is 6.18. The Bertz CT molecular complexity index is 629. The van der Waals surface area contributed by atoms with Crippen molar-refractivity contribution in [1.29, 1.82) is 0 Å². The average molecular weight is 377 g/mol. The summed E-state index contributed by atoms with van der Waals surface area (Å²) in [6.07, 6.45) is 1.94. The third-order valence-corrected chi connectivity index (χ3v) is 15.4. The maximum absolute atomic E-state index is 9.30. The first-order valence-corrected chi connectivity index (χ1v) is 13.3. The fraction of sp³-hybridized carbons (Fsp3) is 0.182. The number of hydrogen-bond acceptors (Lipinski definition) is 1. The van der Waals surface area contributed by atoms with Gasteiger partial charge in [0.25, 0.3) is 0 Å². The van der Waals surface area contributed by atoms with Crippen molar-refractivity contribution in [3.05, 3.63) is 91.0 Å². The van der Waals surface area contributed by atoms with Crippen molar-refractivity contribution in [2.45, 2.75) is 18.1 Å². The van der Waals surface area contributed by atoms with Gasteiger partial charge in [-0.3, -0.25) is 0 Å². The topological polar surface area (TPSA) is 20.2 Å². The molecule has 2 heteroatoms. The first-order chi connectivity index (χ1) is 11.9. The van der Waals surface area contributed by atoms with E-state index in [1.807, 2.05) is 0 Å². The zero-order valence-corrected chi connectivity index (χ0v) is 16.0. The Morgan fingerprint density at radius 2 is 0.917 bits per heavy atom. The van der Waals surface area contributed by atoms with Crippen molar-refractivity contribution >= 4 is 26.5 Å². The molecular weight excluding hydrogens is 353 g/mol. The standard InChI is InChI=1S/C22H24GeO/c24-19-11-10-18-23(20-12-4-1-5-13-20,21-14-6-2-7-15-21)22-16-8-3-9-17-22/h1-9,12-17,24H,10-11,18-19H2. The van der Waals surface area contributed by atoms with Crippen LogP contribution in [0.2, 0.25) is 5.25 Å². The van der Waals surface area contributed by atoms with Crippen LogP contribution in [0.15, 0.2) is 91.0 Å². The molecule has 1 N–H and O–H groups in total. The normalized spacial score (nSPS) is 11.4. The predicted octanol–water partition coefficient (Wildman–Crippen LogP) is 2.93. The summed E-state index contributed by atoms with van der Waals surface area (Å²) in [5.74, 6) is 0. The molecule has 0 saturated heterocycles. The predicted molar refractivity (Wildman–Crippen MR) is 105 cm³/mol. The first-order valence-electron chi connectivity index (χ1n) is 8.65. The van der Waals surface area contributed by atoms with Gasteiger partial charge in [0.1, 0.15) is 0 Å². The van der Waals surface area contributed by atoms with E-state index in [2.05, 4.69) is 91.0 Å². The Morgan fingerprint density at radius 1 is 0.542 bits per heavy atom. The third-order valence-electron chi connectivity index (χ3n) is 4.76. The molecule has 0 radical (unpaired) electrons. The number of unbranched alkanes of at least 4 members (excludes halogenated alkanes) is 1. The van der Waals surface area contributed by atoms with Crippen LogP contribution in [0.5, 0.6) is 0 Å². The summed E-state index contributed by atoms with van der Waals surface area (Å²) in [5.41, 5.74) is 0. The summed E-state index contributed by atoms with van der Waals surface area (Å²) in [7, 11) is 0. The fourth-order valence-electron chi connectivity index (χ4n) is 3.60. The van der Waals surface area contributed by atoms with Crippen LogP contribution < -0.4 is 13.2 Å². The van der Waals surface area contributed by atoms with Gasteiger partial charge in [-0.2, -0.15) is 0 Å². The molecule has 0 aliphatic rings. The Morgan fingerprint density at radius 3 is 1.25 bits per heavy atom. The van der Waals surface area contributed by atoms with Crippen LogP contribution in [0.3, 0.4) is 0 Å². The summed E-state index contributed by atoms with van der Waals surface area (Å²) in [6, 6.07) is 33.1. The van der Waals surface area contributed by atoms with E-state index in [-0.39, 0.29) is 6.61 Å². The third kappa shape index (κ3) is 3.47. The van der Waals surface area contributed by atoms with Crippen molar-refractivity contribution in [2.75, 3.05) is 6.61 Å². The number of rotatable bonds is 7. The van der Waals surface area contributed by atoms with Crippen molar-refractivity contribution in [2.24, 2.45) is 0 Å². The summed E-state index contributed by atoms with van der Waals surface area (Å²) in [4.78, 5) is 0. The molecule has 0 amide bonds. The molecule has 122 valence electrons. The Hall–Kier alpha value is -1.84. The van der Waals surface area contributed by atoms with E-state index in [0.29, 0.717) is 0 Å². The minimum atomic E-state index is -2.73. The quantitative estimate of drug-likeness (QED) is 0.496. The van der Waals surface area contributed by atoms with Crippen molar-refractivity contribution < 1.29 is 5.11 Å². The monoisotopic (exact) mass is 378 g/mol.